The highest BCUT2D eigenvalue weighted by Crippen LogP contribution is 2.32. The van der Waals surface area contributed by atoms with Crippen LogP contribution in [0, 0.1) is 6.92 Å². The molecule has 0 aliphatic heterocycles. The Bertz CT molecular complexity index is 800. The molecule has 0 saturated heterocycles. The maximum Gasteiger partial charge on any atom is 0.239 e. The maximum absolute atomic E-state index is 13.1. The molecule has 3 nitrogen and oxygen atoms in total. The first-order valence-electron chi connectivity index (χ1n) is 10.7. The van der Waals surface area contributed by atoms with E-state index in [4.69, 9.17) is 11.6 Å². The van der Waals surface area contributed by atoms with Gasteiger partial charge in [-0.15, -0.1) is 22.9 Å². The van der Waals surface area contributed by atoms with Gasteiger partial charge >= 0.3 is 0 Å². The number of unbranched alkanes of at least 4 members (excludes halogenated alkanes) is 7. The van der Waals surface area contributed by atoms with Crippen LogP contribution in [-0.4, -0.2) is 17.6 Å². The second-order valence-electron chi connectivity index (χ2n) is 7.51. The second-order valence-corrected chi connectivity index (χ2v) is 8.91. The molecule has 0 bridgehead atoms. The molecule has 1 aromatic carbocycles. The minimum atomic E-state index is -0.286. The highest BCUT2D eigenvalue weighted by molar-refractivity contribution is 7.16. The van der Waals surface area contributed by atoms with Crippen LogP contribution in [-0.2, 0) is 11.2 Å². The van der Waals surface area contributed by atoms with Gasteiger partial charge in [0.05, 0.1) is 5.56 Å². The lowest BCUT2D eigenvalue weighted by atomic mass is 10.00. The number of hydrogen-bond acceptors (Lipinski definition) is 3. The molecule has 1 N–H and O–H groups in total. The summed E-state index contributed by atoms with van der Waals surface area (Å²) in [6, 6.07) is 9.50. The Morgan fingerprint density at radius 2 is 1.62 bits per heavy atom. The summed E-state index contributed by atoms with van der Waals surface area (Å²) in [6.45, 7) is 4.17. The zero-order valence-electron chi connectivity index (χ0n) is 17.6. The van der Waals surface area contributed by atoms with Crippen LogP contribution in [0.1, 0.15) is 84.7 Å². The summed E-state index contributed by atoms with van der Waals surface area (Å²) in [4.78, 5) is 26.1. The molecule has 0 radical (unpaired) electrons. The molecule has 0 spiro atoms. The number of nitrogens with one attached hydrogen (secondary N) is 1. The van der Waals surface area contributed by atoms with E-state index in [2.05, 4.69) is 12.2 Å². The Labute approximate surface area is 183 Å². The Balaban J connectivity index is 2.01. The van der Waals surface area contributed by atoms with Gasteiger partial charge in [-0.05, 0) is 31.4 Å². The van der Waals surface area contributed by atoms with Gasteiger partial charge in [-0.25, -0.2) is 0 Å². The van der Waals surface area contributed by atoms with E-state index in [9.17, 15) is 9.59 Å². The van der Waals surface area contributed by atoms with Crippen LogP contribution >= 0.6 is 22.9 Å². The standard InChI is InChI=1S/C24H32ClNO2S/c1-3-4-5-6-7-8-9-10-14-19-16-21(24(29-19)26-22(27)17-25)23(28)20-15-12-11-13-18(20)2/h11-13,15-16H,3-10,14,17H2,1-2H3,(H,26,27). The quantitative estimate of drug-likeness (QED) is 0.207. The van der Waals surface area contributed by atoms with Crippen LogP contribution in [0.25, 0.3) is 0 Å². The van der Waals surface area contributed by atoms with E-state index in [0.717, 1.165) is 23.3 Å². The molecule has 0 aliphatic rings. The molecule has 158 valence electrons. The summed E-state index contributed by atoms with van der Waals surface area (Å²) < 4.78 is 0. The minimum Gasteiger partial charge on any atom is -0.316 e. The Morgan fingerprint density at radius 1 is 0.966 bits per heavy atom. The van der Waals surface area contributed by atoms with Crippen molar-refractivity contribution in [3.05, 3.63) is 51.9 Å². The number of rotatable bonds is 13. The van der Waals surface area contributed by atoms with Gasteiger partial charge in [0.2, 0.25) is 5.91 Å². The van der Waals surface area contributed by atoms with Crippen LogP contribution in [0.3, 0.4) is 0 Å². The third-order valence-electron chi connectivity index (χ3n) is 5.07. The smallest absolute Gasteiger partial charge is 0.239 e. The van der Waals surface area contributed by atoms with Gasteiger partial charge in [0.15, 0.2) is 5.78 Å². The number of halogens is 1. The fourth-order valence-electron chi connectivity index (χ4n) is 3.39. The maximum atomic E-state index is 13.1. The van der Waals surface area contributed by atoms with Crippen LogP contribution in [0.4, 0.5) is 5.00 Å². The summed E-state index contributed by atoms with van der Waals surface area (Å²) >= 11 is 7.15. The van der Waals surface area contributed by atoms with Crippen LogP contribution < -0.4 is 5.32 Å². The molecule has 1 aromatic heterocycles. The molecule has 0 fully saturated rings. The lowest BCUT2D eigenvalue weighted by Gasteiger charge is -2.06. The average molecular weight is 434 g/mol. The SMILES string of the molecule is CCCCCCCCCCc1cc(C(=O)c2ccccc2C)c(NC(=O)CCl)s1. The van der Waals surface area contributed by atoms with Crippen molar-refractivity contribution in [1.29, 1.82) is 0 Å². The van der Waals surface area contributed by atoms with E-state index in [1.807, 2.05) is 37.3 Å². The summed E-state index contributed by atoms with van der Waals surface area (Å²) in [5.74, 6) is -0.458. The lowest BCUT2D eigenvalue weighted by Crippen LogP contribution is -2.14. The number of amides is 1. The van der Waals surface area contributed by atoms with Gasteiger partial charge in [-0.3, -0.25) is 9.59 Å². The Morgan fingerprint density at radius 3 is 2.28 bits per heavy atom. The van der Waals surface area contributed by atoms with Crippen molar-refractivity contribution in [3.8, 4) is 0 Å². The van der Waals surface area contributed by atoms with Gasteiger partial charge in [0.1, 0.15) is 10.9 Å². The highest BCUT2D eigenvalue weighted by Gasteiger charge is 2.20. The zero-order valence-corrected chi connectivity index (χ0v) is 19.1. The predicted octanol–water partition coefficient (Wildman–Crippen LogP) is 7.15. The second kappa shape index (κ2) is 12.8. The topological polar surface area (TPSA) is 46.2 Å². The monoisotopic (exact) mass is 433 g/mol. The first-order chi connectivity index (χ1) is 14.1. The number of benzene rings is 1. The molecule has 0 aliphatic carbocycles. The van der Waals surface area contributed by atoms with Crippen molar-refractivity contribution in [2.75, 3.05) is 11.2 Å². The van der Waals surface area contributed by atoms with Gasteiger partial charge in [0, 0.05) is 10.4 Å². The number of aryl methyl sites for hydroxylation is 2. The van der Waals surface area contributed by atoms with Crippen LogP contribution in [0.15, 0.2) is 30.3 Å². The molecule has 2 aromatic rings. The molecular formula is C24H32ClNO2S. The number of anilines is 1. The molecule has 0 unspecified atom stereocenters. The minimum absolute atomic E-state index is 0.0496. The number of alkyl halides is 1. The number of hydrogen-bond donors (Lipinski definition) is 1. The van der Waals surface area contributed by atoms with Crippen LogP contribution in [0.5, 0.6) is 0 Å². The molecular weight excluding hydrogens is 402 g/mol. The number of ketones is 1. The summed E-state index contributed by atoms with van der Waals surface area (Å²) in [5.41, 5.74) is 2.17. The van der Waals surface area contributed by atoms with E-state index in [1.54, 1.807) is 0 Å². The summed E-state index contributed by atoms with van der Waals surface area (Å²) in [5, 5.41) is 3.42. The van der Waals surface area contributed by atoms with E-state index >= 15 is 0 Å². The van der Waals surface area contributed by atoms with E-state index in [1.165, 1.54) is 56.3 Å². The zero-order chi connectivity index (χ0) is 21.1. The summed E-state index contributed by atoms with van der Waals surface area (Å²) in [7, 11) is 0. The van der Waals surface area contributed by atoms with Crippen molar-refractivity contribution in [2.24, 2.45) is 0 Å². The number of thiophene rings is 1. The fraction of sp³-hybridized carbons (Fsp3) is 0.500. The molecule has 1 heterocycles. The molecule has 0 saturated carbocycles. The van der Waals surface area contributed by atoms with E-state index in [-0.39, 0.29) is 17.6 Å². The number of carbonyl (C=O) groups excluding carboxylic acids is 2. The van der Waals surface area contributed by atoms with Crippen molar-refractivity contribution in [2.45, 2.75) is 71.6 Å². The molecule has 29 heavy (non-hydrogen) atoms. The van der Waals surface area contributed by atoms with Gasteiger partial charge in [-0.2, -0.15) is 0 Å². The van der Waals surface area contributed by atoms with E-state index < -0.39 is 0 Å². The lowest BCUT2D eigenvalue weighted by molar-refractivity contribution is -0.113. The number of carbonyl (C=O) groups is 2. The molecule has 0 atom stereocenters. The van der Waals surface area contributed by atoms with E-state index in [0.29, 0.717) is 16.1 Å². The largest absolute Gasteiger partial charge is 0.316 e. The van der Waals surface area contributed by atoms with Crippen molar-refractivity contribution < 1.29 is 9.59 Å². The molecule has 2 rings (SSSR count). The molecule has 5 heteroatoms. The van der Waals surface area contributed by atoms with Crippen molar-refractivity contribution in [3.63, 3.8) is 0 Å². The predicted molar refractivity (Wildman–Crippen MR) is 125 cm³/mol. The summed E-state index contributed by atoms with van der Waals surface area (Å²) in [6.07, 6.45) is 11.1. The first kappa shape index (κ1) is 23.6. The molecule has 1 amide bonds. The van der Waals surface area contributed by atoms with Gasteiger partial charge in [-0.1, -0.05) is 76.1 Å². The fourth-order valence-corrected chi connectivity index (χ4v) is 4.57. The Hall–Kier alpha value is -1.65. The van der Waals surface area contributed by atoms with Gasteiger partial charge in [0.25, 0.3) is 0 Å². The van der Waals surface area contributed by atoms with Crippen molar-refractivity contribution >= 4 is 39.6 Å². The first-order valence-corrected chi connectivity index (χ1v) is 12.0. The third-order valence-corrected chi connectivity index (χ3v) is 6.42. The third kappa shape index (κ3) is 7.60. The highest BCUT2D eigenvalue weighted by atomic mass is 35.5. The Kier molecular flexibility index (Phi) is 10.4. The van der Waals surface area contributed by atoms with Gasteiger partial charge < -0.3 is 5.32 Å². The van der Waals surface area contributed by atoms with Crippen molar-refractivity contribution in [1.82, 2.24) is 0 Å². The normalized spacial score (nSPS) is 10.9. The van der Waals surface area contributed by atoms with Crippen LogP contribution in [0.2, 0.25) is 0 Å². The average Bonchev–Trinajstić information content (AvgIpc) is 3.12.